The first-order valence-electron chi connectivity index (χ1n) is 32.1. The molecule has 0 fully saturated rings. The van der Waals surface area contributed by atoms with E-state index in [1.807, 2.05) is 0 Å². The van der Waals surface area contributed by atoms with Crippen molar-refractivity contribution in [3.63, 3.8) is 0 Å². The Balaban J connectivity index is 4.11. The summed E-state index contributed by atoms with van der Waals surface area (Å²) >= 11 is 0. The van der Waals surface area contributed by atoms with E-state index in [-0.39, 0.29) is 31.1 Å². The highest BCUT2D eigenvalue weighted by atomic mass is 16.6. The summed E-state index contributed by atoms with van der Waals surface area (Å²) in [7, 11) is 0. The molecule has 0 spiro atoms. The van der Waals surface area contributed by atoms with Crippen LogP contribution in [0.3, 0.4) is 0 Å². The van der Waals surface area contributed by atoms with E-state index in [0.29, 0.717) is 19.3 Å². The van der Waals surface area contributed by atoms with Crippen molar-refractivity contribution < 1.29 is 28.6 Å². The first-order chi connectivity index (χ1) is 36.0. The van der Waals surface area contributed by atoms with Gasteiger partial charge in [0.25, 0.3) is 0 Å². The van der Waals surface area contributed by atoms with Gasteiger partial charge < -0.3 is 14.2 Å². The Labute approximate surface area is 454 Å². The number of allylic oxidation sites excluding steroid dienone is 8. The summed E-state index contributed by atoms with van der Waals surface area (Å²) in [5.41, 5.74) is 0. The van der Waals surface area contributed by atoms with Crippen LogP contribution in [0.2, 0.25) is 0 Å². The van der Waals surface area contributed by atoms with E-state index in [1.54, 1.807) is 0 Å². The summed E-state index contributed by atoms with van der Waals surface area (Å²) in [5, 5.41) is 0. The fourth-order valence-electron chi connectivity index (χ4n) is 9.45. The molecule has 0 aromatic rings. The zero-order valence-electron chi connectivity index (χ0n) is 48.9. The molecule has 6 heteroatoms. The molecule has 0 heterocycles. The highest BCUT2D eigenvalue weighted by Gasteiger charge is 2.19. The van der Waals surface area contributed by atoms with Crippen LogP contribution in [-0.2, 0) is 28.6 Å². The molecule has 0 saturated heterocycles. The van der Waals surface area contributed by atoms with Gasteiger partial charge in [0.05, 0.1) is 0 Å². The molecule has 1 atom stereocenters. The zero-order valence-corrected chi connectivity index (χ0v) is 48.9. The summed E-state index contributed by atoms with van der Waals surface area (Å²) in [6.45, 7) is 6.62. The van der Waals surface area contributed by atoms with Crippen molar-refractivity contribution in [3.05, 3.63) is 48.6 Å². The first kappa shape index (κ1) is 70.4. The van der Waals surface area contributed by atoms with Gasteiger partial charge in [0, 0.05) is 19.3 Å². The molecule has 426 valence electrons. The largest absolute Gasteiger partial charge is 0.462 e. The Bertz CT molecular complexity index is 1270. The molecule has 0 rings (SSSR count). The van der Waals surface area contributed by atoms with Crippen molar-refractivity contribution >= 4 is 17.9 Å². The molecule has 0 radical (unpaired) electrons. The fraction of sp³-hybridized carbons (Fsp3) is 0.836. The van der Waals surface area contributed by atoms with Crippen LogP contribution in [0.25, 0.3) is 0 Å². The summed E-state index contributed by atoms with van der Waals surface area (Å²) < 4.78 is 16.8. The van der Waals surface area contributed by atoms with Crippen LogP contribution in [-0.4, -0.2) is 37.2 Å². The number of rotatable bonds is 59. The lowest BCUT2D eigenvalue weighted by molar-refractivity contribution is -0.167. The predicted molar refractivity (Wildman–Crippen MR) is 316 cm³/mol. The average Bonchev–Trinajstić information content (AvgIpc) is 3.39. The van der Waals surface area contributed by atoms with E-state index in [1.165, 1.54) is 231 Å². The van der Waals surface area contributed by atoms with E-state index in [2.05, 4.69) is 69.4 Å². The van der Waals surface area contributed by atoms with Crippen LogP contribution in [0.5, 0.6) is 0 Å². The normalized spacial score (nSPS) is 12.3. The number of ether oxygens (including phenoxy) is 3. The van der Waals surface area contributed by atoms with Crippen LogP contribution < -0.4 is 0 Å². The van der Waals surface area contributed by atoms with Gasteiger partial charge in [-0.2, -0.15) is 0 Å². The summed E-state index contributed by atoms with van der Waals surface area (Å²) in [6.07, 6.45) is 77.1. The first-order valence-corrected chi connectivity index (χ1v) is 32.1. The van der Waals surface area contributed by atoms with E-state index in [9.17, 15) is 14.4 Å². The van der Waals surface area contributed by atoms with Crippen LogP contribution in [0, 0.1) is 0 Å². The lowest BCUT2D eigenvalue weighted by atomic mass is 10.0. The van der Waals surface area contributed by atoms with Gasteiger partial charge in [-0.05, 0) is 83.5 Å². The smallest absolute Gasteiger partial charge is 0.306 e. The molecule has 0 saturated carbocycles. The number of hydrogen-bond acceptors (Lipinski definition) is 6. The topological polar surface area (TPSA) is 78.9 Å². The molecule has 0 amide bonds. The molecule has 1 unspecified atom stereocenters. The molecule has 0 aromatic carbocycles. The fourth-order valence-corrected chi connectivity index (χ4v) is 9.45. The Morgan fingerprint density at radius 1 is 0.274 bits per heavy atom. The maximum atomic E-state index is 12.9. The maximum Gasteiger partial charge on any atom is 0.306 e. The van der Waals surface area contributed by atoms with Gasteiger partial charge in [-0.1, -0.05) is 288 Å². The van der Waals surface area contributed by atoms with Crippen molar-refractivity contribution in [1.82, 2.24) is 0 Å². The van der Waals surface area contributed by atoms with Crippen molar-refractivity contribution in [2.45, 2.75) is 348 Å². The highest BCUT2D eigenvalue weighted by Crippen LogP contribution is 2.17. The minimum Gasteiger partial charge on any atom is -0.462 e. The van der Waals surface area contributed by atoms with Gasteiger partial charge in [-0.3, -0.25) is 14.4 Å². The third-order valence-electron chi connectivity index (χ3n) is 14.3. The predicted octanol–water partition coefficient (Wildman–Crippen LogP) is 21.8. The molecular weight excluding hydrogens is 901 g/mol. The Morgan fingerprint density at radius 2 is 0.493 bits per heavy atom. The van der Waals surface area contributed by atoms with Crippen LogP contribution in [0.1, 0.15) is 342 Å². The number of carbonyl (C=O) groups excluding carboxylic acids is 3. The second-order valence-electron chi connectivity index (χ2n) is 21.7. The molecular formula is C67H122O6. The number of unbranched alkanes of at least 4 members (excludes halogenated alkanes) is 40. The lowest BCUT2D eigenvalue weighted by Crippen LogP contribution is -2.30. The molecule has 73 heavy (non-hydrogen) atoms. The molecule has 0 N–H and O–H groups in total. The van der Waals surface area contributed by atoms with Crippen LogP contribution in [0.15, 0.2) is 48.6 Å². The van der Waals surface area contributed by atoms with Crippen molar-refractivity contribution in [2.75, 3.05) is 13.2 Å². The third-order valence-corrected chi connectivity index (χ3v) is 14.3. The van der Waals surface area contributed by atoms with Gasteiger partial charge >= 0.3 is 17.9 Å². The summed E-state index contributed by atoms with van der Waals surface area (Å²) in [6, 6.07) is 0. The van der Waals surface area contributed by atoms with E-state index in [0.717, 1.165) is 70.6 Å². The van der Waals surface area contributed by atoms with Gasteiger partial charge in [-0.15, -0.1) is 0 Å². The molecule has 0 aliphatic heterocycles. The highest BCUT2D eigenvalue weighted by molar-refractivity contribution is 5.71. The van der Waals surface area contributed by atoms with E-state index in [4.69, 9.17) is 14.2 Å². The standard InChI is InChI=1S/C67H122O6/c1-4-7-10-13-16-18-20-22-24-26-28-30-32-33-35-36-38-40-42-44-46-48-51-54-57-60-66(69)72-63-64(62-71-65(68)59-56-53-50-15-12-9-6-3)73-67(70)61-58-55-52-49-47-45-43-41-39-37-34-31-29-27-25-23-21-19-17-14-11-8-5-2/h20-23,26-29,64H,4-19,24-25,30-63H2,1-3H3/b22-20-,23-21-,28-26-,29-27-. The van der Waals surface area contributed by atoms with Gasteiger partial charge in [0.15, 0.2) is 6.10 Å². The molecule has 6 nitrogen and oxygen atoms in total. The van der Waals surface area contributed by atoms with Crippen molar-refractivity contribution in [3.8, 4) is 0 Å². The minimum atomic E-state index is -0.771. The Kier molecular flexibility index (Phi) is 59.7. The second-order valence-corrected chi connectivity index (χ2v) is 21.7. The lowest BCUT2D eigenvalue weighted by Gasteiger charge is -2.18. The number of esters is 3. The van der Waals surface area contributed by atoms with Gasteiger partial charge in [0.1, 0.15) is 13.2 Å². The van der Waals surface area contributed by atoms with Crippen LogP contribution >= 0.6 is 0 Å². The number of hydrogen-bond donors (Lipinski definition) is 0. The van der Waals surface area contributed by atoms with E-state index < -0.39 is 6.10 Å². The molecule has 0 aliphatic carbocycles. The monoisotopic (exact) mass is 1020 g/mol. The quantitative estimate of drug-likeness (QED) is 0.0261. The van der Waals surface area contributed by atoms with Crippen molar-refractivity contribution in [1.29, 1.82) is 0 Å². The van der Waals surface area contributed by atoms with Gasteiger partial charge in [-0.25, -0.2) is 0 Å². The van der Waals surface area contributed by atoms with Crippen molar-refractivity contribution in [2.24, 2.45) is 0 Å². The molecule has 0 bridgehead atoms. The second kappa shape index (κ2) is 61.9. The maximum absolute atomic E-state index is 12.9. The number of carbonyl (C=O) groups is 3. The summed E-state index contributed by atoms with van der Waals surface area (Å²) in [4.78, 5) is 38.1. The van der Waals surface area contributed by atoms with E-state index >= 15 is 0 Å². The zero-order chi connectivity index (χ0) is 52.9. The van der Waals surface area contributed by atoms with Crippen LogP contribution in [0.4, 0.5) is 0 Å². The molecule has 0 aliphatic rings. The van der Waals surface area contributed by atoms with Gasteiger partial charge in [0.2, 0.25) is 0 Å². The average molecular weight is 1020 g/mol. The molecule has 0 aromatic heterocycles. The third kappa shape index (κ3) is 60.1. The SMILES string of the molecule is CCCCCCC/C=C\C/C=C\CCCCCCCCCCCCCCCC(=O)OCC(COC(=O)CCCCCCCCC)OC(=O)CCCCCCCCCCCCC/C=C\C/C=C\CCCCCCC. The Morgan fingerprint density at radius 3 is 0.753 bits per heavy atom. The summed E-state index contributed by atoms with van der Waals surface area (Å²) in [5.74, 6) is -0.863. The Hall–Kier alpha value is -2.63. The minimum absolute atomic E-state index is 0.0711.